The number of aromatic nitrogens is 2. The highest BCUT2D eigenvalue weighted by Gasteiger charge is 2.23. The van der Waals surface area contributed by atoms with E-state index < -0.39 is 0 Å². The van der Waals surface area contributed by atoms with Gasteiger partial charge in [-0.3, -0.25) is 0 Å². The Balaban J connectivity index is 2.10. The molecule has 1 unspecified atom stereocenters. The molecule has 0 N–H and O–H groups in total. The van der Waals surface area contributed by atoms with Gasteiger partial charge in [0, 0.05) is 19.7 Å². The Kier molecular flexibility index (Phi) is 4.99. The topological polar surface area (TPSA) is 38.2 Å². The molecule has 0 saturated carbocycles. The third-order valence-corrected chi connectivity index (χ3v) is 3.74. The summed E-state index contributed by atoms with van der Waals surface area (Å²) in [5.74, 6) is 0.801. The van der Waals surface area contributed by atoms with Crippen LogP contribution >= 0.6 is 11.6 Å². The summed E-state index contributed by atoms with van der Waals surface area (Å²) in [6, 6.07) is 0. The van der Waals surface area contributed by atoms with Gasteiger partial charge in [0.2, 0.25) is 0 Å². The molecule has 4 nitrogen and oxygen atoms in total. The van der Waals surface area contributed by atoms with E-state index in [4.69, 9.17) is 16.3 Å². The Morgan fingerprint density at radius 1 is 1.32 bits per heavy atom. The van der Waals surface area contributed by atoms with Gasteiger partial charge in [-0.05, 0) is 33.1 Å². The van der Waals surface area contributed by atoms with Crippen molar-refractivity contribution in [3.63, 3.8) is 0 Å². The number of hydrogen-bond acceptors (Lipinski definition) is 4. The van der Waals surface area contributed by atoms with Gasteiger partial charge in [0.05, 0.1) is 17.5 Å². The highest BCUT2D eigenvalue weighted by Crippen LogP contribution is 2.26. The first-order valence-corrected chi connectivity index (χ1v) is 7.37. The van der Waals surface area contributed by atoms with Crippen LogP contribution in [0.5, 0.6) is 0 Å². The Morgan fingerprint density at radius 3 is 2.79 bits per heavy atom. The number of halogens is 1. The molecule has 1 aromatic rings. The van der Waals surface area contributed by atoms with Gasteiger partial charge in [-0.2, -0.15) is 0 Å². The molecule has 1 fully saturated rings. The van der Waals surface area contributed by atoms with Gasteiger partial charge in [-0.25, -0.2) is 9.97 Å². The Hall–Kier alpha value is -0.870. The van der Waals surface area contributed by atoms with Crippen LogP contribution in [0.1, 0.15) is 37.6 Å². The van der Waals surface area contributed by atoms with E-state index in [9.17, 15) is 0 Å². The normalized spacial score (nSPS) is 19.8. The van der Waals surface area contributed by atoms with Gasteiger partial charge in [0.15, 0.2) is 11.0 Å². The largest absolute Gasteiger partial charge is 0.376 e. The molecule has 19 heavy (non-hydrogen) atoms. The average Bonchev–Trinajstić information content (AvgIpc) is 2.41. The predicted octanol–water partition coefficient (Wildman–Crippen LogP) is 3.14. The summed E-state index contributed by atoms with van der Waals surface area (Å²) in [6.45, 7) is 8.69. The first kappa shape index (κ1) is 14.5. The fourth-order valence-corrected chi connectivity index (χ4v) is 2.60. The van der Waals surface area contributed by atoms with Gasteiger partial charge in [-0.1, -0.05) is 18.5 Å². The van der Waals surface area contributed by atoms with Crippen molar-refractivity contribution < 1.29 is 4.74 Å². The lowest BCUT2D eigenvalue weighted by atomic mass is 10.1. The molecular formula is C14H22ClN3O. The minimum absolute atomic E-state index is 0.285. The smallest absolute Gasteiger partial charge is 0.171 e. The summed E-state index contributed by atoms with van der Waals surface area (Å²) in [5, 5.41) is 0.499. The quantitative estimate of drug-likeness (QED) is 0.851. The van der Waals surface area contributed by atoms with E-state index in [2.05, 4.69) is 21.8 Å². The zero-order chi connectivity index (χ0) is 13.8. The van der Waals surface area contributed by atoms with E-state index in [0.717, 1.165) is 56.2 Å². The summed E-state index contributed by atoms with van der Waals surface area (Å²) in [4.78, 5) is 11.1. The second-order valence-corrected chi connectivity index (χ2v) is 5.45. The lowest BCUT2D eigenvalue weighted by Crippen LogP contribution is -2.40. The summed E-state index contributed by atoms with van der Waals surface area (Å²) < 4.78 is 5.84. The predicted molar refractivity (Wildman–Crippen MR) is 78.0 cm³/mol. The lowest BCUT2D eigenvalue weighted by Gasteiger charge is -2.33. The average molecular weight is 284 g/mol. The molecule has 5 heteroatoms. The van der Waals surface area contributed by atoms with Crippen LogP contribution in [0.15, 0.2) is 0 Å². The fraction of sp³-hybridized carbons (Fsp3) is 0.714. The van der Waals surface area contributed by atoms with Gasteiger partial charge in [-0.15, -0.1) is 0 Å². The lowest BCUT2D eigenvalue weighted by molar-refractivity contribution is 0.0439. The molecule has 2 rings (SSSR count). The maximum atomic E-state index is 6.23. The minimum atomic E-state index is 0.285. The van der Waals surface area contributed by atoms with Crippen molar-refractivity contribution in [1.29, 1.82) is 0 Å². The van der Waals surface area contributed by atoms with E-state index in [0.29, 0.717) is 5.15 Å². The monoisotopic (exact) mass is 283 g/mol. The van der Waals surface area contributed by atoms with Crippen molar-refractivity contribution in [3.8, 4) is 0 Å². The van der Waals surface area contributed by atoms with Crippen molar-refractivity contribution >= 4 is 17.4 Å². The van der Waals surface area contributed by atoms with Crippen LogP contribution in [0, 0.1) is 13.8 Å². The molecule has 0 bridgehead atoms. The third kappa shape index (κ3) is 3.57. The van der Waals surface area contributed by atoms with Gasteiger partial charge in [0.25, 0.3) is 0 Å². The van der Waals surface area contributed by atoms with Crippen LogP contribution in [0.2, 0.25) is 5.15 Å². The molecule has 0 aliphatic carbocycles. The van der Waals surface area contributed by atoms with Crippen LogP contribution in [0.25, 0.3) is 0 Å². The molecule has 0 aromatic carbocycles. The van der Waals surface area contributed by atoms with Crippen molar-refractivity contribution in [1.82, 2.24) is 9.97 Å². The van der Waals surface area contributed by atoms with Gasteiger partial charge in [0.1, 0.15) is 0 Å². The molecule has 1 saturated heterocycles. The summed E-state index contributed by atoms with van der Waals surface area (Å²) in [7, 11) is 0. The summed E-state index contributed by atoms with van der Waals surface area (Å²) in [5.41, 5.74) is 1.83. The van der Waals surface area contributed by atoms with Crippen LogP contribution in [-0.2, 0) is 4.74 Å². The number of hydrogen-bond donors (Lipinski definition) is 0. The maximum Gasteiger partial charge on any atom is 0.171 e. The van der Waals surface area contributed by atoms with Crippen molar-refractivity contribution in [2.24, 2.45) is 0 Å². The fourth-order valence-electron chi connectivity index (χ4n) is 2.32. The van der Waals surface area contributed by atoms with Crippen LogP contribution < -0.4 is 4.90 Å². The number of nitrogens with zero attached hydrogens (tertiary/aromatic N) is 3. The highest BCUT2D eigenvalue weighted by atomic mass is 35.5. The number of piperidine rings is 1. The molecule has 0 spiro atoms. The SMILES string of the molecule is CCCOC1CCCN(c2nc(C)c(C)nc2Cl)C1. The first-order valence-electron chi connectivity index (χ1n) is 6.99. The van der Waals surface area contributed by atoms with E-state index in [1.54, 1.807) is 0 Å². The molecule has 106 valence electrons. The Morgan fingerprint density at radius 2 is 2.05 bits per heavy atom. The van der Waals surface area contributed by atoms with Crippen LogP contribution in [-0.4, -0.2) is 35.8 Å². The van der Waals surface area contributed by atoms with Crippen LogP contribution in [0.3, 0.4) is 0 Å². The molecule has 1 aliphatic heterocycles. The van der Waals surface area contributed by atoms with Gasteiger partial charge >= 0.3 is 0 Å². The van der Waals surface area contributed by atoms with Gasteiger partial charge < -0.3 is 9.64 Å². The molecule has 1 aromatic heterocycles. The number of rotatable bonds is 4. The van der Waals surface area contributed by atoms with E-state index in [-0.39, 0.29) is 6.10 Å². The maximum absolute atomic E-state index is 6.23. The zero-order valence-electron chi connectivity index (χ0n) is 11.9. The Bertz CT molecular complexity index is 439. The molecule has 0 radical (unpaired) electrons. The second-order valence-electron chi connectivity index (χ2n) is 5.09. The molecule has 0 amide bonds. The highest BCUT2D eigenvalue weighted by molar-refractivity contribution is 6.31. The standard InChI is InChI=1S/C14H22ClN3O/c1-4-8-19-12-6-5-7-18(9-12)14-13(15)16-10(2)11(3)17-14/h12H,4-9H2,1-3H3. The number of ether oxygens (including phenoxy) is 1. The molecule has 1 atom stereocenters. The number of aryl methyl sites for hydroxylation is 2. The van der Waals surface area contributed by atoms with Crippen LogP contribution in [0.4, 0.5) is 5.82 Å². The van der Waals surface area contributed by atoms with Crippen molar-refractivity contribution in [2.45, 2.75) is 46.1 Å². The zero-order valence-corrected chi connectivity index (χ0v) is 12.7. The third-order valence-electron chi connectivity index (χ3n) is 3.48. The molecule has 1 aliphatic rings. The Labute approximate surface area is 120 Å². The van der Waals surface area contributed by atoms with E-state index >= 15 is 0 Å². The first-order chi connectivity index (χ1) is 9.11. The summed E-state index contributed by atoms with van der Waals surface area (Å²) >= 11 is 6.23. The minimum Gasteiger partial charge on any atom is -0.376 e. The number of anilines is 1. The molecule has 2 heterocycles. The van der Waals surface area contributed by atoms with E-state index in [1.807, 2.05) is 13.8 Å². The summed E-state index contributed by atoms with van der Waals surface area (Å²) in [6.07, 6.45) is 3.57. The van der Waals surface area contributed by atoms with E-state index in [1.165, 1.54) is 0 Å². The molecular weight excluding hydrogens is 262 g/mol. The van der Waals surface area contributed by atoms with Crippen molar-refractivity contribution in [2.75, 3.05) is 24.6 Å². The van der Waals surface area contributed by atoms with Crippen molar-refractivity contribution in [3.05, 3.63) is 16.5 Å². The second kappa shape index (κ2) is 6.53.